The Balaban J connectivity index is 1.43. The first-order chi connectivity index (χ1) is 27.3. The number of hydrogen-bond acceptors (Lipinski definition) is 4. The minimum atomic E-state index is -1.06. The number of rotatable bonds is 7. The standard InChI is InChI=1S/C46H29Cl3N4O3/c47-30-10-4-26(5-11-30)43-37-17-16-33(50-37)23-34-24-36(29-2-1-3-35(22-29)56-25-42(54)55)46(51-34)45(28-8-14-32(49)15-9-28)41-21-20-40(53-41)44(39-19-18-38(43)52-39)27-6-12-31(48)13-7-27/h1-24,51-52H,25H2,(H,54,55). The number of aromatic nitrogens is 4. The first kappa shape index (κ1) is 35.3. The number of carboxylic acids is 1. The van der Waals surface area contributed by atoms with Crippen molar-refractivity contribution in [2.24, 2.45) is 0 Å². The van der Waals surface area contributed by atoms with Crippen molar-refractivity contribution in [1.82, 2.24) is 19.9 Å². The summed E-state index contributed by atoms with van der Waals surface area (Å²) in [7, 11) is 0. The predicted molar refractivity (Wildman–Crippen MR) is 229 cm³/mol. The Hall–Kier alpha value is -6.38. The van der Waals surface area contributed by atoms with Gasteiger partial charge in [-0.05, 0) is 119 Å². The van der Waals surface area contributed by atoms with Crippen molar-refractivity contribution in [2.45, 2.75) is 0 Å². The molecule has 2 aliphatic heterocycles. The summed E-state index contributed by atoms with van der Waals surface area (Å²) >= 11 is 19.2. The first-order valence-corrected chi connectivity index (χ1v) is 18.8. The van der Waals surface area contributed by atoms with Crippen LogP contribution in [0.4, 0.5) is 0 Å². The second kappa shape index (κ2) is 14.7. The van der Waals surface area contributed by atoms with E-state index in [0.29, 0.717) is 20.8 Å². The molecule has 0 amide bonds. The van der Waals surface area contributed by atoms with Gasteiger partial charge in [-0.3, -0.25) is 0 Å². The molecule has 3 aromatic heterocycles. The number of nitrogens with one attached hydrogen (secondary N) is 2. The molecular weight excluding hydrogens is 763 g/mol. The second-order valence-corrected chi connectivity index (χ2v) is 14.6. The lowest BCUT2D eigenvalue weighted by Crippen LogP contribution is -2.09. The summed E-state index contributed by atoms with van der Waals surface area (Å²) in [4.78, 5) is 29.3. The topological polar surface area (TPSA) is 104 Å². The third-order valence-corrected chi connectivity index (χ3v) is 10.3. The van der Waals surface area contributed by atoms with Crippen LogP contribution in [0, 0.1) is 0 Å². The van der Waals surface area contributed by atoms with Gasteiger partial charge in [0.05, 0.1) is 28.3 Å². The molecule has 9 rings (SSSR count). The molecule has 8 bridgehead atoms. The Kier molecular flexibility index (Phi) is 9.27. The lowest BCUT2D eigenvalue weighted by molar-refractivity contribution is -0.139. The van der Waals surface area contributed by atoms with E-state index in [1.54, 1.807) is 6.07 Å². The van der Waals surface area contributed by atoms with E-state index >= 15 is 0 Å². The summed E-state index contributed by atoms with van der Waals surface area (Å²) in [5.41, 5.74) is 13.4. The number of fused-ring (bicyclic) bond motifs is 8. The first-order valence-electron chi connectivity index (χ1n) is 17.7. The van der Waals surface area contributed by atoms with Crippen molar-refractivity contribution >= 4 is 87.1 Å². The minimum Gasteiger partial charge on any atom is -0.482 e. The van der Waals surface area contributed by atoms with E-state index in [1.807, 2.05) is 121 Å². The van der Waals surface area contributed by atoms with Gasteiger partial charge in [-0.2, -0.15) is 0 Å². The summed E-state index contributed by atoms with van der Waals surface area (Å²) in [6, 6.07) is 38.8. The molecule has 0 aliphatic carbocycles. The maximum absolute atomic E-state index is 11.4. The van der Waals surface area contributed by atoms with Crippen LogP contribution in [-0.2, 0) is 4.79 Å². The van der Waals surface area contributed by atoms with Crippen LogP contribution in [-0.4, -0.2) is 37.6 Å². The Labute approximate surface area is 336 Å². The molecule has 7 aromatic rings. The number of ether oxygens (including phenoxy) is 1. The van der Waals surface area contributed by atoms with E-state index < -0.39 is 12.6 Å². The highest BCUT2D eigenvalue weighted by molar-refractivity contribution is 6.31. The fourth-order valence-electron chi connectivity index (χ4n) is 7.11. The van der Waals surface area contributed by atoms with Gasteiger partial charge < -0.3 is 19.8 Å². The lowest BCUT2D eigenvalue weighted by atomic mass is 9.98. The van der Waals surface area contributed by atoms with Crippen LogP contribution in [0.2, 0.25) is 15.1 Å². The van der Waals surface area contributed by atoms with Crippen LogP contribution in [0.15, 0.2) is 121 Å². The average Bonchev–Trinajstić information content (AvgIpc) is 4.03. The molecule has 0 saturated heterocycles. The van der Waals surface area contributed by atoms with E-state index in [-0.39, 0.29) is 0 Å². The average molecular weight is 792 g/mol. The monoisotopic (exact) mass is 790 g/mol. The zero-order valence-electron chi connectivity index (χ0n) is 29.4. The maximum Gasteiger partial charge on any atom is 0.341 e. The Bertz CT molecular complexity index is 2910. The Morgan fingerprint density at radius 2 is 1.11 bits per heavy atom. The molecule has 0 unspecified atom stereocenters. The summed E-state index contributed by atoms with van der Waals surface area (Å²) in [6.07, 6.45) is 8.06. The fraction of sp³-hybridized carbons (Fsp3) is 0.0217. The number of hydrogen-bond donors (Lipinski definition) is 3. The third-order valence-electron chi connectivity index (χ3n) is 9.59. The fourth-order valence-corrected chi connectivity index (χ4v) is 7.49. The molecule has 0 spiro atoms. The number of carboxylic acid groups (broad SMARTS) is 1. The zero-order valence-corrected chi connectivity index (χ0v) is 31.6. The molecule has 0 radical (unpaired) electrons. The van der Waals surface area contributed by atoms with E-state index in [4.69, 9.17) is 49.5 Å². The van der Waals surface area contributed by atoms with Crippen molar-refractivity contribution in [3.63, 3.8) is 0 Å². The van der Waals surface area contributed by atoms with Gasteiger partial charge in [-0.25, -0.2) is 14.8 Å². The van der Waals surface area contributed by atoms with Crippen LogP contribution in [0.5, 0.6) is 5.75 Å². The summed E-state index contributed by atoms with van der Waals surface area (Å²) in [5.74, 6) is -0.624. The van der Waals surface area contributed by atoms with Crippen molar-refractivity contribution < 1.29 is 14.6 Å². The van der Waals surface area contributed by atoms with Gasteiger partial charge in [0.15, 0.2) is 6.61 Å². The number of aliphatic carboxylic acids is 1. The molecule has 0 atom stereocenters. The number of H-pyrrole nitrogens is 2. The van der Waals surface area contributed by atoms with E-state index in [1.165, 1.54) is 0 Å². The number of carbonyl (C=O) groups is 1. The molecule has 2 aliphatic rings. The Morgan fingerprint density at radius 1 is 0.571 bits per heavy atom. The van der Waals surface area contributed by atoms with Crippen molar-refractivity contribution in [2.75, 3.05) is 6.61 Å². The minimum absolute atomic E-state index is 0.433. The highest BCUT2D eigenvalue weighted by atomic mass is 35.5. The molecule has 272 valence electrons. The number of halogens is 3. The molecule has 0 saturated carbocycles. The third kappa shape index (κ3) is 7.00. The van der Waals surface area contributed by atoms with E-state index in [9.17, 15) is 9.90 Å². The number of nitrogens with zero attached hydrogens (tertiary/aromatic N) is 2. The van der Waals surface area contributed by atoms with Crippen molar-refractivity contribution in [3.05, 3.63) is 159 Å². The molecular formula is C46H29Cl3N4O3. The smallest absolute Gasteiger partial charge is 0.341 e. The van der Waals surface area contributed by atoms with Gasteiger partial charge in [0.2, 0.25) is 0 Å². The van der Waals surface area contributed by atoms with Crippen molar-refractivity contribution in [3.8, 4) is 50.3 Å². The number of aromatic amines is 2. The maximum atomic E-state index is 11.4. The van der Waals surface area contributed by atoms with Crippen LogP contribution < -0.4 is 4.74 Å². The molecule has 3 N–H and O–H groups in total. The summed E-state index contributed by atoms with van der Waals surface area (Å²) in [5, 5.41) is 11.2. The largest absolute Gasteiger partial charge is 0.482 e. The van der Waals surface area contributed by atoms with E-state index in [0.717, 1.165) is 89.4 Å². The highest BCUT2D eigenvalue weighted by Gasteiger charge is 2.19. The van der Waals surface area contributed by atoms with Gasteiger partial charge in [0.1, 0.15) is 5.75 Å². The summed E-state index contributed by atoms with van der Waals surface area (Å²) in [6.45, 7) is -0.459. The SMILES string of the molecule is O=C(O)COc1cccc(-c2cc3cc4nc(c(-c5ccc(Cl)cc5)c5ccc([nH]5)c(-c5ccc(Cl)cc5)c5nc(c(-c6ccc(Cl)cc6)c2[nH]3)C=C5)C=C4)c1. The van der Waals surface area contributed by atoms with Gasteiger partial charge in [0.25, 0.3) is 0 Å². The highest BCUT2D eigenvalue weighted by Crippen LogP contribution is 2.40. The normalized spacial score (nSPS) is 11.9. The molecule has 0 fully saturated rings. The van der Waals surface area contributed by atoms with Crippen LogP contribution in [0.25, 0.3) is 90.9 Å². The predicted octanol–water partition coefficient (Wildman–Crippen LogP) is 12.7. The number of benzene rings is 4. The quantitative estimate of drug-likeness (QED) is 0.149. The Morgan fingerprint density at radius 3 is 1.70 bits per heavy atom. The second-order valence-electron chi connectivity index (χ2n) is 13.3. The molecule has 7 nitrogen and oxygen atoms in total. The molecule has 5 heterocycles. The van der Waals surface area contributed by atoms with Crippen LogP contribution in [0.3, 0.4) is 0 Å². The zero-order chi connectivity index (χ0) is 38.3. The van der Waals surface area contributed by atoms with E-state index in [2.05, 4.69) is 28.2 Å². The van der Waals surface area contributed by atoms with Gasteiger partial charge in [0, 0.05) is 53.9 Å². The van der Waals surface area contributed by atoms with Gasteiger partial charge >= 0.3 is 5.97 Å². The summed E-state index contributed by atoms with van der Waals surface area (Å²) < 4.78 is 5.61. The van der Waals surface area contributed by atoms with Crippen molar-refractivity contribution in [1.29, 1.82) is 0 Å². The molecule has 10 heteroatoms. The van der Waals surface area contributed by atoms with Crippen LogP contribution >= 0.6 is 34.8 Å². The van der Waals surface area contributed by atoms with Crippen LogP contribution in [0.1, 0.15) is 22.8 Å². The molecule has 56 heavy (non-hydrogen) atoms. The molecule has 4 aromatic carbocycles. The van der Waals surface area contributed by atoms with Gasteiger partial charge in [-0.15, -0.1) is 0 Å². The van der Waals surface area contributed by atoms with Gasteiger partial charge in [-0.1, -0.05) is 83.3 Å². The lowest BCUT2D eigenvalue weighted by Gasteiger charge is -2.09.